The summed E-state index contributed by atoms with van der Waals surface area (Å²) in [6.45, 7) is 2.10. The Morgan fingerprint density at radius 2 is 2.16 bits per heavy atom. The zero-order chi connectivity index (χ0) is 14.1. The standard InChI is InChI=1S/C13H22O5S/c1-10(8-12(14)17-2)19(15,16)11-4-7-18-13(9-11)5-3-6-13/h10-11H,3-9H2,1-2H3. The molecule has 2 aliphatic rings. The number of methoxy groups -OCH3 is 1. The maximum absolute atomic E-state index is 12.5. The molecule has 1 aliphatic heterocycles. The Balaban J connectivity index is 2.04. The van der Waals surface area contributed by atoms with Crippen molar-refractivity contribution in [2.24, 2.45) is 0 Å². The summed E-state index contributed by atoms with van der Waals surface area (Å²) >= 11 is 0. The van der Waals surface area contributed by atoms with Crippen LogP contribution in [0.4, 0.5) is 0 Å². The van der Waals surface area contributed by atoms with Crippen molar-refractivity contribution in [1.29, 1.82) is 0 Å². The molecule has 5 nitrogen and oxygen atoms in total. The second-order valence-corrected chi connectivity index (χ2v) is 8.33. The van der Waals surface area contributed by atoms with Crippen LogP contribution in [0.25, 0.3) is 0 Å². The van der Waals surface area contributed by atoms with Gasteiger partial charge in [0.05, 0.1) is 29.6 Å². The molecule has 2 atom stereocenters. The highest BCUT2D eigenvalue weighted by atomic mass is 32.2. The number of hydrogen-bond acceptors (Lipinski definition) is 5. The average molecular weight is 290 g/mol. The minimum Gasteiger partial charge on any atom is -0.469 e. The van der Waals surface area contributed by atoms with Crippen molar-refractivity contribution >= 4 is 15.8 Å². The molecule has 2 unspecified atom stereocenters. The van der Waals surface area contributed by atoms with Crippen LogP contribution >= 0.6 is 0 Å². The lowest BCUT2D eigenvalue weighted by Crippen LogP contribution is -2.50. The van der Waals surface area contributed by atoms with Gasteiger partial charge in [-0.3, -0.25) is 4.79 Å². The van der Waals surface area contributed by atoms with E-state index in [1.807, 2.05) is 0 Å². The van der Waals surface area contributed by atoms with Gasteiger partial charge in [0.2, 0.25) is 0 Å². The Kier molecular flexibility index (Phi) is 4.20. The van der Waals surface area contributed by atoms with Crippen LogP contribution < -0.4 is 0 Å². The van der Waals surface area contributed by atoms with E-state index in [0.29, 0.717) is 19.4 Å². The minimum atomic E-state index is -3.30. The van der Waals surface area contributed by atoms with Crippen molar-refractivity contribution in [3.8, 4) is 0 Å². The summed E-state index contributed by atoms with van der Waals surface area (Å²) in [5.74, 6) is -0.471. The number of rotatable bonds is 4. The molecule has 0 aromatic carbocycles. The predicted molar refractivity (Wildman–Crippen MR) is 70.6 cm³/mol. The van der Waals surface area contributed by atoms with Gasteiger partial charge in [-0.2, -0.15) is 0 Å². The Morgan fingerprint density at radius 1 is 1.47 bits per heavy atom. The van der Waals surface area contributed by atoms with Gasteiger partial charge in [-0.05, 0) is 39.0 Å². The lowest BCUT2D eigenvalue weighted by Gasteiger charge is -2.47. The van der Waals surface area contributed by atoms with Crippen LogP contribution in [0.15, 0.2) is 0 Å². The lowest BCUT2D eigenvalue weighted by atomic mass is 9.75. The van der Waals surface area contributed by atoms with Gasteiger partial charge >= 0.3 is 5.97 Å². The summed E-state index contributed by atoms with van der Waals surface area (Å²) in [4.78, 5) is 11.2. The molecule has 2 rings (SSSR count). The first-order chi connectivity index (χ1) is 8.89. The summed E-state index contributed by atoms with van der Waals surface area (Å²) in [5, 5.41) is -1.05. The van der Waals surface area contributed by atoms with Crippen LogP contribution in [0.1, 0.15) is 45.4 Å². The van der Waals surface area contributed by atoms with E-state index in [4.69, 9.17) is 4.74 Å². The molecule has 110 valence electrons. The summed E-state index contributed by atoms with van der Waals surface area (Å²) in [5.41, 5.74) is -0.193. The summed E-state index contributed by atoms with van der Waals surface area (Å²) in [6, 6.07) is 0. The van der Waals surface area contributed by atoms with E-state index in [0.717, 1.165) is 19.3 Å². The van der Waals surface area contributed by atoms with Crippen molar-refractivity contribution < 1.29 is 22.7 Å². The molecule has 1 saturated heterocycles. The number of carbonyl (C=O) groups is 1. The molecular weight excluding hydrogens is 268 g/mol. The van der Waals surface area contributed by atoms with Gasteiger partial charge in [-0.25, -0.2) is 8.42 Å². The third-order valence-corrected chi connectivity index (χ3v) is 7.04. The van der Waals surface area contributed by atoms with Crippen molar-refractivity contribution in [1.82, 2.24) is 0 Å². The first kappa shape index (κ1) is 14.8. The van der Waals surface area contributed by atoms with Crippen molar-refractivity contribution in [2.75, 3.05) is 13.7 Å². The SMILES string of the molecule is COC(=O)CC(C)S(=O)(=O)C1CCOC2(CCC2)C1. The Bertz CT molecular complexity index is 438. The summed E-state index contributed by atoms with van der Waals surface area (Å²) in [6.07, 6.45) is 4.10. The number of hydrogen-bond donors (Lipinski definition) is 0. The summed E-state index contributed by atoms with van der Waals surface area (Å²) < 4.78 is 35.3. The van der Waals surface area contributed by atoms with E-state index in [1.165, 1.54) is 7.11 Å². The van der Waals surface area contributed by atoms with E-state index in [-0.39, 0.29) is 17.3 Å². The normalized spacial score (nSPS) is 27.6. The van der Waals surface area contributed by atoms with Crippen LogP contribution in [-0.2, 0) is 24.1 Å². The van der Waals surface area contributed by atoms with Gasteiger partial charge < -0.3 is 9.47 Å². The van der Waals surface area contributed by atoms with Gasteiger partial charge in [0.15, 0.2) is 9.84 Å². The monoisotopic (exact) mass is 290 g/mol. The fourth-order valence-corrected chi connectivity index (χ4v) is 4.93. The molecule has 1 heterocycles. The van der Waals surface area contributed by atoms with Crippen molar-refractivity contribution in [2.45, 2.75) is 61.5 Å². The molecule has 0 N–H and O–H groups in total. The van der Waals surface area contributed by atoms with Crippen LogP contribution in [-0.4, -0.2) is 44.2 Å². The molecule has 0 radical (unpaired) electrons. The average Bonchev–Trinajstić information content (AvgIpc) is 2.36. The smallest absolute Gasteiger partial charge is 0.306 e. The van der Waals surface area contributed by atoms with Gasteiger partial charge in [0.25, 0.3) is 0 Å². The zero-order valence-electron chi connectivity index (χ0n) is 11.6. The quantitative estimate of drug-likeness (QED) is 0.733. The van der Waals surface area contributed by atoms with E-state index < -0.39 is 21.1 Å². The molecule has 19 heavy (non-hydrogen) atoms. The highest BCUT2D eigenvalue weighted by molar-refractivity contribution is 7.92. The largest absolute Gasteiger partial charge is 0.469 e. The topological polar surface area (TPSA) is 69.7 Å². The first-order valence-electron chi connectivity index (χ1n) is 6.83. The molecule has 6 heteroatoms. The molecule has 1 spiro atoms. The van der Waals surface area contributed by atoms with Crippen molar-refractivity contribution in [3.05, 3.63) is 0 Å². The minimum absolute atomic E-state index is 0.0663. The number of ether oxygens (including phenoxy) is 2. The van der Waals surface area contributed by atoms with Crippen LogP contribution in [0, 0.1) is 0 Å². The Hall–Kier alpha value is -0.620. The van der Waals surface area contributed by atoms with E-state index >= 15 is 0 Å². The van der Waals surface area contributed by atoms with Gasteiger partial charge in [-0.1, -0.05) is 0 Å². The molecule has 1 aliphatic carbocycles. The van der Waals surface area contributed by atoms with E-state index in [9.17, 15) is 13.2 Å². The highest BCUT2D eigenvalue weighted by Gasteiger charge is 2.47. The third kappa shape index (κ3) is 2.94. The van der Waals surface area contributed by atoms with E-state index in [2.05, 4.69) is 4.74 Å². The fourth-order valence-electron chi connectivity index (χ4n) is 2.95. The molecule has 0 aromatic heterocycles. The van der Waals surface area contributed by atoms with E-state index in [1.54, 1.807) is 6.92 Å². The van der Waals surface area contributed by atoms with Gasteiger partial charge in [0.1, 0.15) is 0 Å². The number of sulfone groups is 1. The molecular formula is C13H22O5S. The second kappa shape index (κ2) is 5.40. The maximum atomic E-state index is 12.5. The zero-order valence-corrected chi connectivity index (χ0v) is 12.4. The first-order valence-corrected chi connectivity index (χ1v) is 8.44. The van der Waals surface area contributed by atoms with Crippen molar-refractivity contribution in [3.63, 3.8) is 0 Å². The van der Waals surface area contributed by atoms with Crippen LogP contribution in [0.3, 0.4) is 0 Å². The number of esters is 1. The lowest BCUT2D eigenvalue weighted by molar-refractivity contribution is -0.140. The molecule has 0 bridgehead atoms. The Morgan fingerprint density at radius 3 is 2.68 bits per heavy atom. The second-order valence-electron chi connectivity index (χ2n) is 5.68. The summed E-state index contributed by atoms with van der Waals surface area (Å²) in [7, 11) is -2.02. The molecule has 0 amide bonds. The molecule has 1 saturated carbocycles. The maximum Gasteiger partial charge on any atom is 0.306 e. The predicted octanol–water partition coefficient (Wildman–Crippen LogP) is 1.45. The molecule has 2 fully saturated rings. The number of carbonyl (C=O) groups excluding carboxylic acids is 1. The van der Waals surface area contributed by atoms with Crippen LogP contribution in [0.2, 0.25) is 0 Å². The van der Waals surface area contributed by atoms with Crippen LogP contribution in [0.5, 0.6) is 0 Å². The van der Waals surface area contributed by atoms with Gasteiger partial charge in [0, 0.05) is 6.61 Å². The third-order valence-electron chi connectivity index (χ3n) is 4.42. The highest BCUT2D eigenvalue weighted by Crippen LogP contribution is 2.44. The molecule has 0 aromatic rings. The van der Waals surface area contributed by atoms with Gasteiger partial charge in [-0.15, -0.1) is 0 Å². The fraction of sp³-hybridized carbons (Fsp3) is 0.923. The Labute approximate surface area is 114 Å².